The molecule has 2 saturated heterocycles. The van der Waals surface area contributed by atoms with Crippen molar-refractivity contribution in [3.63, 3.8) is 0 Å². The van der Waals surface area contributed by atoms with Crippen LogP contribution in [0.4, 0.5) is 0 Å². The number of nitrogens with one attached hydrogen (secondary N) is 2. The molecule has 1 aromatic carbocycles. The van der Waals surface area contributed by atoms with E-state index in [1.54, 1.807) is 12.1 Å². The molecule has 3 heterocycles. The summed E-state index contributed by atoms with van der Waals surface area (Å²) >= 11 is 0. The Morgan fingerprint density at radius 1 is 1.11 bits per heavy atom. The number of nitrogens with zero attached hydrogens (tertiary/aromatic N) is 4. The van der Waals surface area contributed by atoms with E-state index in [-0.39, 0.29) is 12.1 Å². The van der Waals surface area contributed by atoms with Crippen LogP contribution in [0, 0.1) is 5.92 Å². The van der Waals surface area contributed by atoms with Gasteiger partial charge in [-0.05, 0) is 69.9 Å². The highest BCUT2D eigenvalue weighted by atomic mass is 16.3. The summed E-state index contributed by atoms with van der Waals surface area (Å²) in [6.45, 7) is 5.30. The SMILES string of the molecule is CCn1nc(CC2CCN(C)CC2)nc1C1CC(c2ccc(O)cc2)NN1. The van der Waals surface area contributed by atoms with E-state index in [4.69, 9.17) is 10.1 Å². The van der Waals surface area contributed by atoms with E-state index in [2.05, 4.69) is 29.7 Å². The third-order valence-electron chi connectivity index (χ3n) is 5.86. The van der Waals surface area contributed by atoms with E-state index in [0.717, 1.165) is 36.6 Å². The fourth-order valence-corrected chi connectivity index (χ4v) is 4.15. The fraction of sp³-hybridized carbons (Fsp3) is 0.600. The first-order valence-corrected chi connectivity index (χ1v) is 10.0. The molecule has 3 N–H and O–H groups in total. The van der Waals surface area contributed by atoms with Crippen molar-refractivity contribution in [2.75, 3.05) is 20.1 Å². The summed E-state index contributed by atoms with van der Waals surface area (Å²) in [5.74, 6) is 3.00. The van der Waals surface area contributed by atoms with Crippen molar-refractivity contribution >= 4 is 0 Å². The van der Waals surface area contributed by atoms with E-state index in [1.165, 1.54) is 25.9 Å². The molecule has 0 amide bonds. The van der Waals surface area contributed by atoms with Crippen LogP contribution in [0.15, 0.2) is 24.3 Å². The highest BCUT2D eigenvalue weighted by Gasteiger charge is 2.30. The van der Waals surface area contributed by atoms with Crippen LogP contribution in [0.25, 0.3) is 0 Å². The van der Waals surface area contributed by atoms with Gasteiger partial charge in [0.05, 0.1) is 6.04 Å². The van der Waals surface area contributed by atoms with Crippen molar-refractivity contribution in [1.82, 2.24) is 30.5 Å². The van der Waals surface area contributed by atoms with Crippen molar-refractivity contribution in [3.8, 4) is 5.75 Å². The molecule has 7 heteroatoms. The topological polar surface area (TPSA) is 78.2 Å². The maximum atomic E-state index is 9.49. The lowest BCUT2D eigenvalue weighted by atomic mass is 9.93. The molecule has 0 spiro atoms. The predicted octanol–water partition coefficient (Wildman–Crippen LogP) is 2.17. The van der Waals surface area contributed by atoms with Gasteiger partial charge >= 0.3 is 0 Å². The van der Waals surface area contributed by atoms with Gasteiger partial charge in [-0.2, -0.15) is 5.10 Å². The summed E-state index contributed by atoms with van der Waals surface area (Å²) < 4.78 is 2.04. The molecule has 7 nitrogen and oxygen atoms in total. The standard InChI is InChI=1S/C20H30N6O/c1-3-26-20(21-19(24-26)12-14-8-10-25(2)11-9-14)18-13-17(22-23-18)15-4-6-16(27)7-5-15/h4-7,14,17-18,22-23,27H,3,8-13H2,1-2H3. The lowest BCUT2D eigenvalue weighted by Gasteiger charge is -2.28. The van der Waals surface area contributed by atoms with Crippen LogP contribution in [-0.4, -0.2) is 44.9 Å². The molecular weight excluding hydrogens is 340 g/mol. The molecule has 1 aromatic heterocycles. The molecule has 2 aliphatic rings. The number of piperidine rings is 1. The second-order valence-corrected chi connectivity index (χ2v) is 7.87. The van der Waals surface area contributed by atoms with Gasteiger partial charge < -0.3 is 10.0 Å². The Morgan fingerprint density at radius 3 is 2.52 bits per heavy atom. The van der Waals surface area contributed by atoms with Crippen molar-refractivity contribution in [2.24, 2.45) is 5.92 Å². The van der Waals surface area contributed by atoms with Gasteiger partial charge in [-0.3, -0.25) is 0 Å². The number of phenolic OH excluding ortho intramolecular Hbond substituents is 1. The molecule has 0 aliphatic carbocycles. The van der Waals surface area contributed by atoms with Crippen LogP contribution in [-0.2, 0) is 13.0 Å². The molecule has 2 atom stereocenters. The third-order valence-corrected chi connectivity index (χ3v) is 5.86. The summed E-state index contributed by atoms with van der Waals surface area (Å²) in [4.78, 5) is 7.31. The van der Waals surface area contributed by atoms with Gasteiger partial charge in [0.1, 0.15) is 11.6 Å². The first-order chi connectivity index (χ1) is 13.1. The maximum Gasteiger partial charge on any atom is 0.151 e. The molecule has 4 rings (SSSR count). The minimum absolute atomic E-state index is 0.141. The number of hydrogen-bond donors (Lipinski definition) is 3. The summed E-state index contributed by atoms with van der Waals surface area (Å²) in [5.41, 5.74) is 7.92. The zero-order chi connectivity index (χ0) is 18.8. The lowest BCUT2D eigenvalue weighted by molar-refractivity contribution is 0.217. The number of hydrogen-bond acceptors (Lipinski definition) is 6. The van der Waals surface area contributed by atoms with E-state index in [0.29, 0.717) is 11.7 Å². The molecule has 0 saturated carbocycles. The number of rotatable bonds is 5. The second-order valence-electron chi connectivity index (χ2n) is 7.87. The molecule has 0 bridgehead atoms. The normalized spacial score (nSPS) is 24.5. The van der Waals surface area contributed by atoms with E-state index < -0.39 is 0 Å². The summed E-state index contributed by atoms with van der Waals surface area (Å²) in [7, 11) is 2.20. The largest absolute Gasteiger partial charge is 0.508 e. The lowest BCUT2D eigenvalue weighted by Crippen LogP contribution is -2.31. The Bertz CT molecular complexity index is 750. The van der Waals surface area contributed by atoms with Crippen molar-refractivity contribution in [2.45, 2.75) is 51.2 Å². The van der Waals surface area contributed by atoms with Crippen LogP contribution in [0.5, 0.6) is 5.75 Å². The highest BCUT2D eigenvalue weighted by Crippen LogP contribution is 2.31. The molecular formula is C20H30N6O. The van der Waals surface area contributed by atoms with Gasteiger partial charge in [0.2, 0.25) is 0 Å². The number of benzene rings is 1. The number of aromatic nitrogens is 3. The van der Waals surface area contributed by atoms with Crippen LogP contribution in [0.2, 0.25) is 0 Å². The maximum absolute atomic E-state index is 9.49. The minimum atomic E-state index is 0.141. The average molecular weight is 371 g/mol. The van der Waals surface area contributed by atoms with E-state index >= 15 is 0 Å². The van der Waals surface area contributed by atoms with Crippen molar-refractivity contribution < 1.29 is 5.11 Å². The summed E-state index contributed by atoms with van der Waals surface area (Å²) in [6, 6.07) is 7.75. The second kappa shape index (κ2) is 7.96. The average Bonchev–Trinajstić information content (AvgIpc) is 3.31. The van der Waals surface area contributed by atoms with Gasteiger partial charge in [0, 0.05) is 19.0 Å². The first-order valence-electron chi connectivity index (χ1n) is 10.0. The van der Waals surface area contributed by atoms with Gasteiger partial charge in [-0.1, -0.05) is 12.1 Å². The van der Waals surface area contributed by atoms with Crippen LogP contribution in [0.3, 0.4) is 0 Å². The minimum Gasteiger partial charge on any atom is -0.508 e. The molecule has 2 unspecified atom stereocenters. The molecule has 2 aromatic rings. The van der Waals surface area contributed by atoms with Crippen LogP contribution in [0.1, 0.15) is 55.5 Å². The fourth-order valence-electron chi connectivity index (χ4n) is 4.15. The van der Waals surface area contributed by atoms with Crippen LogP contribution >= 0.6 is 0 Å². The van der Waals surface area contributed by atoms with Gasteiger partial charge in [0.15, 0.2) is 5.82 Å². The smallest absolute Gasteiger partial charge is 0.151 e. The van der Waals surface area contributed by atoms with E-state index in [9.17, 15) is 5.11 Å². The molecule has 146 valence electrons. The molecule has 27 heavy (non-hydrogen) atoms. The zero-order valence-electron chi connectivity index (χ0n) is 16.2. The molecule has 2 fully saturated rings. The number of aromatic hydroxyl groups is 1. The summed E-state index contributed by atoms with van der Waals surface area (Å²) in [6.07, 6.45) is 4.36. The van der Waals surface area contributed by atoms with Gasteiger partial charge in [-0.25, -0.2) is 20.5 Å². The Morgan fingerprint density at radius 2 is 1.81 bits per heavy atom. The number of hydrazine groups is 1. The quantitative estimate of drug-likeness (QED) is 0.749. The number of aryl methyl sites for hydroxylation is 1. The van der Waals surface area contributed by atoms with Gasteiger partial charge in [-0.15, -0.1) is 0 Å². The molecule has 0 radical (unpaired) electrons. The van der Waals surface area contributed by atoms with Gasteiger partial charge in [0.25, 0.3) is 0 Å². The monoisotopic (exact) mass is 370 g/mol. The van der Waals surface area contributed by atoms with E-state index in [1.807, 2.05) is 16.8 Å². The Balaban J connectivity index is 1.44. The summed E-state index contributed by atoms with van der Waals surface area (Å²) in [5, 5.41) is 14.3. The Hall–Kier alpha value is -1.96. The number of phenols is 1. The Kier molecular flexibility index (Phi) is 5.43. The highest BCUT2D eigenvalue weighted by molar-refractivity contribution is 5.28. The Labute approximate surface area is 160 Å². The first kappa shape index (κ1) is 18.4. The zero-order valence-corrected chi connectivity index (χ0v) is 16.2. The predicted molar refractivity (Wildman–Crippen MR) is 104 cm³/mol. The third kappa shape index (κ3) is 4.15. The van der Waals surface area contributed by atoms with Crippen molar-refractivity contribution in [1.29, 1.82) is 0 Å². The van der Waals surface area contributed by atoms with Crippen LogP contribution < -0.4 is 10.9 Å². The molecule has 2 aliphatic heterocycles. The number of likely N-dealkylation sites (tertiary alicyclic amines) is 1. The van der Waals surface area contributed by atoms with Crippen molar-refractivity contribution in [3.05, 3.63) is 41.5 Å².